The molecule has 2 rings (SSSR count). The standard InChI is InChI=1S/C9H6N2O4S3/c10-5-15-9(18(12,13)14)17-8-11-6-3-1-2-4-7(6)16-8/h1-4,9H,(H,12,13,14). The van der Waals surface area contributed by atoms with Crippen molar-refractivity contribution in [1.82, 2.24) is 4.98 Å². The lowest BCUT2D eigenvalue weighted by atomic mass is 10.3. The summed E-state index contributed by atoms with van der Waals surface area (Å²) in [5.41, 5.74) is 0.719. The molecular formula is C9H6N2O4S3. The Balaban J connectivity index is 2.29. The summed E-state index contributed by atoms with van der Waals surface area (Å²) in [4.78, 5) is 4.16. The Morgan fingerprint density at radius 3 is 2.83 bits per heavy atom. The third-order valence-corrected chi connectivity index (χ3v) is 5.42. The van der Waals surface area contributed by atoms with Gasteiger partial charge in [-0.3, -0.25) is 4.55 Å². The van der Waals surface area contributed by atoms with Crippen molar-refractivity contribution >= 4 is 43.4 Å². The highest BCUT2D eigenvalue weighted by molar-refractivity contribution is 8.12. The van der Waals surface area contributed by atoms with E-state index in [1.807, 2.05) is 18.2 Å². The van der Waals surface area contributed by atoms with Gasteiger partial charge in [-0.25, -0.2) is 4.98 Å². The quantitative estimate of drug-likeness (QED) is 0.399. The van der Waals surface area contributed by atoms with Gasteiger partial charge in [0, 0.05) is 0 Å². The Kier molecular flexibility index (Phi) is 3.72. The number of fused-ring (bicyclic) bond motifs is 1. The summed E-state index contributed by atoms with van der Waals surface area (Å²) in [6.45, 7) is 0. The maximum Gasteiger partial charge on any atom is 0.315 e. The summed E-state index contributed by atoms with van der Waals surface area (Å²) in [6.07, 6.45) is 1.25. The predicted octanol–water partition coefficient (Wildman–Crippen LogP) is 2.06. The molecule has 0 aliphatic heterocycles. The Labute approximate surface area is 111 Å². The smallest absolute Gasteiger partial charge is 0.315 e. The summed E-state index contributed by atoms with van der Waals surface area (Å²) in [5, 5.41) is 8.34. The summed E-state index contributed by atoms with van der Waals surface area (Å²) in [5.74, 6) is 0. The lowest BCUT2D eigenvalue weighted by molar-refractivity contribution is 0.285. The van der Waals surface area contributed by atoms with E-state index in [4.69, 9.17) is 9.81 Å². The fraction of sp³-hybridized carbons (Fsp3) is 0.111. The van der Waals surface area contributed by atoms with Crippen molar-refractivity contribution in [2.45, 2.75) is 9.11 Å². The number of rotatable bonds is 4. The van der Waals surface area contributed by atoms with Crippen LogP contribution in [0.25, 0.3) is 10.2 Å². The molecule has 2 aromatic rings. The SMILES string of the molecule is N#COC(Sc1nc2ccccc2s1)S(=O)(=O)O. The first-order valence-electron chi connectivity index (χ1n) is 4.54. The van der Waals surface area contributed by atoms with Gasteiger partial charge in [0.05, 0.1) is 10.2 Å². The van der Waals surface area contributed by atoms with Gasteiger partial charge < -0.3 is 4.74 Å². The van der Waals surface area contributed by atoms with Crippen LogP contribution in [0.5, 0.6) is 0 Å². The molecule has 0 bridgehead atoms. The molecular weight excluding hydrogens is 296 g/mol. The first-order valence-corrected chi connectivity index (χ1v) is 7.74. The van der Waals surface area contributed by atoms with Gasteiger partial charge in [-0.2, -0.15) is 13.7 Å². The molecule has 0 aliphatic rings. The Bertz CT molecular complexity index is 671. The summed E-state index contributed by atoms with van der Waals surface area (Å²) < 4.78 is 34.7. The molecule has 1 atom stereocenters. The molecule has 9 heteroatoms. The summed E-state index contributed by atoms with van der Waals surface area (Å²) in [7, 11) is -4.48. The van der Waals surface area contributed by atoms with Crippen molar-refractivity contribution in [2.24, 2.45) is 0 Å². The second-order valence-corrected chi connectivity index (χ2v) is 7.17. The van der Waals surface area contributed by atoms with Crippen LogP contribution in [-0.4, -0.2) is 22.7 Å². The van der Waals surface area contributed by atoms with Crippen LogP contribution in [0.15, 0.2) is 28.6 Å². The number of thioether (sulfide) groups is 1. The van der Waals surface area contributed by atoms with Crippen LogP contribution in [0.4, 0.5) is 0 Å². The highest BCUT2D eigenvalue weighted by atomic mass is 32.3. The second-order valence-electron chi connectivity index (χ2n) is 3.08. The highest BCUT2D eigenvalue weighted by Crippen LogP contribution is 2.33. The summed E-state index contributed by atoms with van der Waals surface area (Å²) in [6, 6.07) is 7.26. The second kappa shape index (κ2) is 5.11. The Hall–Kier alpha value is -1.34. The van der Waals surface area contributed by atoms with Crippen LogP contribution in [0.3, 0.4) is 0 Å². The van der Waals surface area contributed by atoms with E-state index in [0.29, 0.717) is 16.1 Å². The largest absolute Gasteiger partial charge is 0.393 e. The Morgan fingerprint density at radius 2 is 2.22 bits per heavy atom. The van der Waals surface area contributed by atoms with E-state index in [2.05, 4.69) is 9.72 Å². The van der Waals surface area contributed by atoms with Gasteiger partial charge in [0.25, 0.3) is 11.0 Å². The number of aromatic nitrogens is 1. The molecule has 0 radical (unpaired) electrons. The molecule has 94 valence electrons. The number of para-hydroxylation sites is 1. The zero-order valence-corrected chi connectivity index (χ0v) is 11.1. The van der Waals surface area contributed by atoms with Crippen LogP contribution < -0.4 is 0 Å². The van der Waals surface area contributed by atoms with Crippen LogP contribution in [0.1, 0.15) is 0 Å². The van der Waals surface area contributed by atoms with E-state index < -0.39 is 14.9 Å². The number of nitriles is 1. The van der Waals surface area contributed by atoms with Crippen molar-refractivity contribution in [3.63, 3.8) is 0 Å². The van der Waals surface area contributed by atoms with Gasteiger partial charge in [-0.1, -0.05) is 12.1 Å². The third kappa shape index (κ3) is 2.91. The number of benzene rings is 1. The average molecular weight is 302 g/mol. The highest BCUT2D eigenvalue weighted by Gasteiger charge is 2.27. The molecule has 1 aromatic carbocycles. The number of ether oxygens (including phenoxy) is 1. The maximum atomic E-state index is 11.0. The molecule has 1 aromatic heterocycles. The van der Waals surface area contributed by atoms with Gasteiger partial charge >= 0.3 is 10.1 Å². The lowest BCUT2D eigenvalue weighted by Gasteiger charge is -2.07. The fourth-order valence-electron chi connectivity index (χ4n) is 1.17. The number of nitrogens with zero attached hydrogens (tertiary/aromatic N) is 2. The third-order valence-electron chi connectivity index (χ3n) is 1.86. The van der Waals surface area contributed by atoms with Gasteiger partial charge in [-0.05, 0) is 23.9 Å². The van der Waals surface area contributed by atoms with Gasteiger partial charge in [-0.15, -0.1) is 11.3 Å². The van der Waals surface area contributed by atoms with Gasteiger partial charge in [0.1, 0.15) is 0 Å². The van der Waals surface area contributed by atoms with E-state index in [1.165, 1.54) is 17.6 Å². The fourth-order valence-corrected chi connectivity index (χ4v) is 4.11. The van der Waals surface area contributed by atoms with Crippen LogP contribution >= 0.6 is 23.1 Å². The van der Waals surface area contributed by atoms with Crippen LogP contribution in [-0.2, 0) is 14.9 Å². The summed E-state index contributed by atoms with van der Waals surface area (Å²) >= 11 is 1.93. The minimum Gasteiger partial charge on any atom is -0.393 e. The predicted molar refractivity (Wildman–Crippen MR) is 67.5 cm³/mol. The van der Waals surface area contributed by atoms with E-state index >= 15 is 0 Å². The van der Waals surface area contributed by atoms with Crippen molar-refractivity contribution in [1.29, 1.82) is 5.26 Å². The molecule has 1 unspecified atom stereocenters. The van der Waals surface area contributed by atoms with Crippen molar-refractivity contribution in [3.8, 4) is 6.26 Å². The van der Waals surface area contributed by atoms with Crippen LogP contribution in [0, 0.1) is 11.5 Å². The molecule has 1 N–H and O–H groups in total. The van der Waals surface area contributed by atoms with Crippen LogP contribution in [0.2, 0.25) is 0 Å². The Morgan fingerprint density at radius 1 is 1.50 bits per heavy atom. The molecule has 0 spiro atoms. The topological polar surface area (TPSA) is 100 Å². The molecule has 0 saturated carbocycles. The zero-order valence-electron chi connectivity index (χ0n) is 8.68. The molecule has 1 heterocycles. The molecule has 0 aliphatic carbocycles. The van der Waals surface area contributed by atoms with E-state index in [-0.39, 0.29) is 0 Å². The zero-order chi connectivity index (χ0) is 13.2. The number of hydrogen-bond donors (Lipinski definition) is 1. The van der Waals surface area contributed by atoms with E-state index in [1.54, 1.807) is 6.07 Å². The van der Waals surface area contributed by atoms with Crippen molar-refractivity contribution < 1.29 is 17.7 Å². The normalized spacial score (nSPS) is 13.1. The average Bonchev–Trinajstić information content (AvgIpc) is 2.69. The molecule has 6 nitrogen and oxygen atoms in total. The molecule has 0 amide bonds. The number of hydrogen-bond acceptors (Lipinski definition) is 7. The minimum atomic E-state index is -4.48. The lowest BCUT2D eigenvalue weighted by Crippen LogP contribution is -2.18. The van der Waals surface area contributed by atoms with Crippen molar-refractivity contribution in [3.05, 3.63) is 24.3 Å². The van der Waals surface area contributed by atoms with E-state index in [0.717, 1.165) is 10.2 Å². The first-order chi connectivity index (χ1) is 8.50. The van der Waals surface area contributed by atoms with Crippen molar-refractivity contribution in [2.75, 3.05) is 0 Å². The number of thiazole rings is 1. The first kappa shape index (κ1) is 13.1. The van der Waals surface area contributed by atoms with E-state index in [9.17, 15) is 8.42 Å². The monoisotopic (exact) mass is 302 g/mol. The van der Waals surface area contributed by atoms with Gasteiger partial charge in [0.2, 0.25) is 0 Å². The molecule has 0 saturated heterocycles. The molecule has 0 fully saturated rings. The minimum absolute atomic E-state index is 0.397. The maximum absolute atomic E-state index is 11.0. The molecule has 18 heavy (non-hydrogen) atoms. The van der Waals surface area contributed by atoms with Gasteiger partial charge in [0.15, 0.2) is 4.34 Å².